The van der Waals surface area contributed by atoms with Crippen molar-refractivity contribution in [3.63, 3.8) is 0 Å². The largest absolute Gasteiger partial charge is 0.300 e. The van der Waals surface area contributed by atoms with Gasteiger partial charge in [0.2, 0.25) is 11.0 Å². The van der Waals surface area contributed by atoms with Crippen LogP contribution in [0.25, 0.3) is 10.8 Å². The van der Waals surface area contributed by atoms with Crippen molar-refractivity contribution in [3.05, 3.63) is 41.5 Å². The number of sulfonamides is 1. The van der Waals surface area contributed by atoms with E-state index in [1.807, 2.05) is 18.2 Å². The van der Waals surface area contributed by atoms with E-state index in [2.05, 4.69) is 26.3 Å². The van der Waals surface area contributed by atoms with E-state index in [1.54, 1.807) is 26.8 Å². The van der Waals surface area contributed by atoms with Crippen LogP contribution in [-0.4, -0.2) is 24.5 Å². The van der Waals surface area contributed by atoms with Crippen molar-refractivity contribution in [1.29, 1.82) is 0 Å². The monoisotopic (exact) mass is 416 g/mol. The molecule has 146 valence electrons. The van der Waals surface area contributed by atoms with Gasteiger partial charge in [0.25, 0.3) is 14.4 Å². The number of amides is 1. The number of nitrogens with one attached hydrogen (secondary N) is 2. The number of aryl methyl sites for hydroxylation is 2. The number of hydrogen-bond donors (Lipinski definition) is 2. The smallest absolute Gasteiger partial charge is 0.291 e. The third-order valence-electron chi connectivity index (χ3n) is 4.66. The lowest BCUT2D eigenvalue weighted by Crippen LogP contribution is -2.27. The quantitative estimate of drug-likeness (QED) is 0.633. The van der Waals surface area contributed by atoms with E-state index >= 15 is 0 Å². The van der Waals surface area contributed by atoms with Gasteiger partial charge in [-0.25, -0.2) is 0 Å². The van der Waals surface area contributed by atoms with Crippen molar-refractivity contribution in [2.24, 2.45) is 5.41 Å². The van der Waals surface area contributed by atoms with Crippen LogP contribution >= 0.6 is 11.3 Å². The number of nitrogens with zero attached hydrogens (tertiary/aromatic N) is 2. The zero-order valence-corrected chi connectivity index (χ0v) is 17.4. The molecule has 1 amide bonds. The molecule has 7 nitrogen and oxygen atoms in total. The van der Waals surface area contributed by atoms with Crippen LogP contribution in [-0.2, 0) is 27.7 Å². The van der Waals surface area contributed by atoms with Crippen molar-refractivity contribution >= 4 is 48.9 Å². The van der Waals surface area contributed by atoms with Crippen molar-refractivity contribution < 1.29 is 13.2 Å². The minimum Gasteiger partial charge on any atom is -0.300 e. The summed E-state index contributed by atoms with van der Waals surface area (Å²) in [4.78, 5) is 12.1. The molecule has 4 rings (SSSR count). The Morgan fingerprint density at radius 3 is 2.50 bits per heavy atom. The van der Waals surface area contributed by atoms with Gasteiger partial charge in [-0.15, -0.1) is 10.2 Å². The maximum Gasteiger partial charge on any atom is 0.291 e. The molecule has 2 N–H and O–H groups in total. The van der Waals surface area contributed by atoms with Crippen molar-refractivity contribution in [2.45, 2.75) is 38.0 Å². The number of aromatic nitrogens is 2. The molecule has 2 aromatic carbocycles. The summed E-state index contributed by atoms with van der Waals surface area (Å²) in [6.45, 7) is 5.29. The van der Waals surface area contributed by atoms with Crippen molar-refractivity contribution in [1.82, 2.24) is 10.2 Å². The normalized spacial score (nSPS) is 13.7. The van der Waals surface area contributed by atoms with Gasteiger partial charge in [0, 0.05) is 10.8 Å². The molecule has 0 fully saturated rings. The zero-order valence-electron chi connectivity index (χ0n) is 15.7. The Bertz CT molecular complexity index is 1180. The number of anilines is 2. The molecule has 9 heteroatoms. The summed E-state index contributed by atoms with van der Waals surface area (Å²) in [6.07, 6.45) is 1.94. The lowest BCUT2D eigenvalue weighted by Gasteiger charge is -2.15. The molecule has 0 unspecified atom stereocenters. The molecule has 1 aromatic heterocycles. The first-order valence-electron chi connectivity index (χ1n) is 8.86. The number of rotatable bonds is 4. The van der Waals surface area contributed by atoms with Gasteiger partial charge in [0.05, 0.1) is 5.69 Å². The van der Waals surface area contributed by atoms with E-state index in [-0.39, 0.29) is 15.4 Å². The van der Waals surface area contributed by atoms with Gasteiger partial charge in [0.1, 0.15) is 0 Å². The van der Waals surface area contributed by atoms with Crippen LogP contribution in [0.1, 0.15) is 31.9 Å². The fourth-order valence-corrected chi connectivity index (χ4v) is 5.15. The average molecular weight is 417 g/mol. The highest BCUT2D eigenvalue weighted by molar-refractivity contribution is 7.94. The number of carbonyl (C=O) groups excluding carboxylic acids is 1. The van der Waals surface area contributed by atoms with Crippen molar-refractivity contribution in [2.75, 3.05) is 10.0 Å². The van der Waals surface area contributed by atoms with Crippen LogP contribution < -0.4 is 10.0 Å². The van der Waals surface area contributed by atoms with Gasteiger partial charge in [-0.1, -0.05) is 56.4 Å². The van der Waals surface area contributed by atoms with E-state index in [1.165, 1.54) is 11.1 Å². The SMILES string of the molecule is CC(C)(C)C(=O)Nc1nnc(S(=O)(=O)Nc2ccc3c4c(cccc24)CC3)s1. The third kappa shape index (κ3) is 3.35. The summed E-state index contributed by atoms with van der Waals surface area (Å²) >= 11 is 0.823. The predicted octanol–water partition coefficient (Wildman–Crippen LogP) is 3.58. The first kappa shape index (κ1) is 18.8. The van der Waals surface area contributed by atoms with Crippen molar-refractivity contribution in [3.8, 4) is 0 Å². The second-order valence-electron chi connectivity index (χ2n) is 7.79. The fraction of sp³-hybridized carbons (Fsp3) is 0.316. The van der Waals surface area contributed by atoms with Crippen LogP contribution in [0.15, 0.2) is 34.7 Å². The van der Waals surface area contributed by atoms with E-state index in [4.69, 9.17) is 0 Å². The molecule has 0 radical (unpaired) electrons. The molecule has 1 aliphatic carbocycles. The zero-order chi connectivity index (χ0) is 20.1. The highest BCUT2D eigenvalue weighted by atomic mass is 32.2. The summed E-state index contributed by atoms with van der Waals surface area (Å²) in [6, 6.07) is 9.68. The Hall–Kier alpha value is -2.52. The summed E-state index contributed by atoms with van der Waals surface area (Å²) in [5.74, 6) is -0.256. The van der Waals surface area contributed by atoms with E-state index in [9.17, 15) is 13.2 Å². The minimum absolute atomic E-state index is 0.153. The topological polar surface area (TPSA) is 101 Å². The van der Waals surface area contributed by atoms with Gasteiger partial charge in [-0.3, -0.25) is 9.52 Å². The molecule has 0 saturated heterocycles. The predicted molar refractivity (Wildman–Crippen MR) is 110 cm³/mol. The fourth-order valence-electron chi connectivity index (χ4n) is 3.18. The van der Waals surface area contributed by atoms with Crippen LogP contribution in [0.5, 0.6) is 0 Å². The highest BCUT2D eigenvalue weighted by Crippen LogP contribution is 2.36. The van der Waals surface area contributed by atoms with Crippen LogP contribution in [0.2, 0.25) is 0 Å². The Labute approximate surface area is 167 Å². The number of benzene rings is 2. The maximum atomic E-state index is 12.8. The summed E-state index contributed by atoms with van der Waals surface area (Å²) in [5.41, 5.74) is 2.36. The van der Waals surface area contributed by atoms with Gasteiger partial charge in [0.15, 0.2) is 0 Å². The van der Waals surface area contributed by atoms with E-state index in [0.29, 0.717) is 5.69 Å². The third-order valence-corrected chi connectivity index (χ3v) is 7.23. The minimum atomic E-state index is -3.92. The van der Waals surface area contributed by atoms with Crippen LogP contribution in [0.4, 0.5) is 10.8 Å². The first-order chi connectivity index (χ1) is 13.1. The Morgan fingerprint density at radius 2 is 1.79 bits per heavy atom. The van der Waals surface area contributed by atoms with Gasteiger partial charge >= 0.3 is 0 Å². The number of hydrogen-bond acceptors (Lipinski definition) is 6. The average Bonchev–Trinajstić information content (AvgIpc) is 3.25. The lowest BCUT2D eigenvalue weighted by molar-refractivity contribution is -0.123. The Morgan fingerprint density at radius 1 is 1.07 bits per heavy atom. The highest BCUT2D eigenvalue weighted by Gasteiger charge is 2.26. The molecule has 0 aliphatic heterocycles. The molecular weight excluding hydrogens is 396 g/mol. The summed E-state index contributed by atoms with van der Waals surface area (Å²) in [5, 5.41) is 12.3. The standard InChI is InChI=1S/C19H20N4O3S2/c1-19(2,3)16(24)20-17-21-22-18(27-17)28(25,26)23-14-10-9-12-8-7-11-5-4-6-13(14)15(11)12/h4-6,9-10,23H,7-8H2,1-3H3,(H,20,21,24). The molecule has 0 bridgehead atoms. The van der Waals surface area contributed by atoms with Crippen LogP contribution in [0.3, 0.4) is 0 Å². The first-order valence-corrected chi connectivity index (χ1v) is 11.2. The molecular formula is C19H20N4O3S2. The van der Waals surface area contributed by atoms with E-state index < -0.39 is 15.4 Å². The lowest BCUT2D eigenvalue weighted by atomic mass is 9.96. The molecule has 3 aromatic rings. The Balaban J connectivity index is 1.63. The van der Waals surface area contributed by atoms with E-state index in [0.717, 1.165) is 35.0 Å². The number of carbonyl (C=O) groups is 1. The van der Waals surface area contributed by atoms with Crippen LogP contribution in [0, 0.1) is 5.41 Å². The summed E-state index contributed by atoms with van der Waals surface area (Å²) < 4.78 is 28.1. The molecule has 0 atom stereocenters. The van der Waals surface area contributed by atoms with Gasteiger partial charge < -0.3 is 5.32 Å². The molecule has 1 aliphatic rings. The van der Waals surface area contributed by atoms with Gasteiger partial charge in [-0.2, -0.15) is 8.42 Å². The maximum absolute atomic E-state index is 12.8. The Kier molecular flexibility index (Phi) is 4.39. The molecule has 0 spiro atoms. The molecule has 28 heavy (non-hydrogen) atoms. The second-order valence-corrected chi connectivity index (χ2v) is 10.6. The second kappa shape index (κ2) is 6.52. The molecule has 0 saturated carbocycles. The van der Waals surface area contributed by atoms with Gasteiger partial charge in [-0.05, 0) is 35.4 Å². The summed E-state index contributed by atoms with van der Waals surface area (Å²) in [7, 11) is -3.92. The molecule has 1 heterocycles.